The standard InChI is InChI=1S/C18H31N3O6/c1-10(2)6-11(14(22)17(3)9-27-17)20-15(23)12(8-25-4)21-16(24)18(19)7-13(18)26-5/h10-13H,6-9,19H2,1-5H3,(H,20,23)(H,21,24)/t11?,12-,13?,17?,18+/m0/s1. The molecule has 3 unspecified atom stereocenters. The molecule has 2 rings (SSSR count). The predicted molar refractivity (Wildman–Crippen MR) is 96.9 cm³/mol. The minimum Gasteiger partial charge on any atom is -0.382 e. The Kier molecular flexibility index (Phi) is 6.62. The van der Waals surface area contributed by atoms with E-state index in [-0.39, 0.29) is 24.4 Å². The highest BCUT2D eigenvalue weighted by Crippen LogP contribution is 2.36. The Morgan fingerprint density at radius 3 is 2.30 bits per heavy atom. The first kappa shape index (κ1) is 21.7. The van der Waals surface area contributed by atoms with Gasteiger partial charge in [-0.3, -0.25) is 14.4 Å². The van der Waals surface area contributed by atoms with Gasteiger partial charge in [0.25, 0.3) is 0 Å². The van der Waals surface area contributed by atoms with E-state index < -0.39 is 35.0 Å². The minimum atomic E-state index is -1.14. The number of ether oxygens (including phenoxy) is 3. The highest BCUT2D eigenvalue weighted by molar-refractivity contribution is 5.99. The molecule has 0 aromatic heterocycles. The molecule has 0 bridgehead atoms. The molecule has 0 aromatic carbocycles. The summed E-state index contributed by atoms with van der Waals surface area (Å²) in [7, 11) is 2.91. The smallest absolute Gasteiger partial charge is 0.245 e. The number of Topliss-reactive ketones (excluding diaryl/α,β-unsaturated/α-hetero) is 1. The van der Waals surface area contributed by atoms with E-state index in [1.807, 2.05) is 13.8 Å². The van der Waals surface area contributed by atoms with Crippen molar-refractivity contribution < 1.29 is 28.6 Å². The van der Waals surface area contributed by atoms with Crippen LogP contribution in [0.4, 0.5) is 0 Å². The Morgan fingerprint density at radius 1 is 1.22 bits per heavy atom. The molecule has 0 spiro atoms. The topological polar surface area (TPSA) is 132 Å². The van der Waals surface area contributed by atoms with Crippen molar-refractivity contribution in [1.29, 1.82) is 0 Å². The zero-order valence-corrected chi connectivity index (χ0v) is 16.7. The number of nitrogens with one attached hydrogen (secondary N) is 2. The molecule has 154 valence electrons. The van der Waals surface area contributed by atoms with Gasteiger partial charge in [-0.15, -0.1) is 0 Å². The van der Waals surface area contributed by atoms with Gasteiger partial charge in [-0.1, -0.05) is 13.8 Å². The number of hydrogen-bond acceptors (Lipinski definition) is 7. The van der Waals surface area contributed by atoms with E-state index in [4.69, 9.17) is 19.9 Å². The zero-order chi connectivity index (χ0) is 20.4. The van der Waals surface area contributed by atoms with E-state index in [9.17, 15) is 14.4 Å². The van der Waals surface area contributed by atoms with Crippen molar-refractivity contribution in [3.05, 3.63) is 0 Å². The van der Waals surface area contributed by atoms with Crippen LogP contribution in [-0.4, -0.2) is 74.4 Å². The summed E-state index contributed by atoms with van der Waals surface area (Å²) in [6.45, 7) is 5.95. The molecule has 2 amide bonds. The van der Waals surface area contributed by atoms with Crippen LogP contribution in [0.2, 0.25) is 0 Å². The second-order valence-electron chi connectivity index (χ2n) is 8.02. The molecular formula is C18H31N3O6. The lowest BCUT2D eigenvalue weighted by molar-refractivity contribution is -0.134. The van der Waals surface area contributed by atoms with Crippen molar-refractivity contribution in [2.75, 3.05) is 27.4 Å². The van der Waals surface area contributed by atoms with Crippen molar-refractivity contribution in [2.24, 2.45) is 11.7 Å². The summed E-state index contributed by atoms with van der Waals surface area (Å²) in [5, 5.41) is 5.36. The number of amides is 2. The summed E-state index contributed by atoms with van der Waals surface area (Å²) in [6.07, 6.45) is 0.496. The molecule has 0 aromatic rings. The van der Waals surface area contributed by atoms with Crippen LogP contribution in [0.3, 0.4) is 0 Å². The summed E-state index contributed by atoms with van der Waals surface area (Å²) in [5.41, 5.74) is 4.02. The Morgan fingerprint density at radius 2 is 1.85 bits per heavy atom. The number of methoxy groups -OCH3 is 2. The number of carbonyl (C=O) groups is 3. The van der Waals surface area contributed by atoms with Crippen LogP contribution in [0.25, 0.3) is 0 Å². The van der Waals surface area contributed by atoms with Gasteiger partial charge in [0.1, 0.15) is 17.2 Å². The monoisotopic (exact) mass is 385 g/mol. The fourth-order valence-electron chi connectivity index (χ4n) is 3.02. The minimum absolute atomic E-state index is 0.0400. The Bertz CT molecular complexity index is 592. The summed E-state index contributed by atoms with van der Waals surface area (Å²) in [6, 6.07) is -1.66. The zero-order valence-electron chi connectivity index (χ0n) is 16.7. The average molecular weight is 385 g/mol. The lowest BCUT2D eigenvalue weighted by atomic mass is 9.93. The van der Waals surface area contributed by atoms with Crippen molar-refractivity contribution in [1.82, 2.24) is 10.6 Å². The lowest BCUT2D eigenvalue weighted by Gasteiger charge is -2.25. The Balaban J connectivity index is 2.03. The fourth-order valence-corrected chi connectivity index (χ4v) is 3.02. The van der Waals surface area contributed by atoms with Crippen molar-refractivity contribution in [3.63, 3.8) is 0 Å². The highest BCUT2D eigenvalue weighted by Gasteiger charge is 2.58. The molecule has 1 heterocycles. The van der Waals surface area contributed by atoms with Crippen LogP contribution < -0.4 is 16.4 Å². The van der Waals surface area contributed by atoms with Crippen LogP contribution in [0.5, 0.6) is 0 Å². The summed E-state index contributed by atoms with van der Waals surface area (Å²) in [4.78, 5) is 37.8. The quantitative estimate of drug-likeness (QED) is 0.394. The van der Waals surface area contributed by atoms with Gasteiger partial charge in [-0.05, 0) is 19.3 Å². The van der Waals surface area contributed by atoms with E-state index in [0.717, 1.165) is 0 Å². The molecule has 0 radical (unpaired) electrons. The molecule has 1 aliphatic carbocycles. The molecule has 27 heavy (non-hydrogen) atoms. The van der Waals surface area contributed by atoms with Crippen LogP contribution >= 0.6 is 0 Å². The molecule has 2 aliphatic rings. The summed E-state index contributed by atoms with van der Waals surface area (Å²) >= 11 is 0. The van der Waals surface area contributed by atoms with Gasteiger partial charge in [0.2, 0.25) is 11.8 Å². The third-order valence-corrected chi connectivity index (χ3v) is 5.04. The van der Waals surface area contributed by atoms with Crippen molar-refractivity contribution >= 4 is 17.6 Å². The molecule has 1 saturated carbocycles. The van der Waals surface area contributed by atoms with Gasteiger partial charge < -0.3 is 30.6 Å². The van der Waals surface area contributed by atoms with E-state index in [1.165, 1.54) is 14.2 Å². The first-order valence-corrected chi connectivity index (χ1v) is 9.17. The molecule has 5 atom stereocenters. The predicted octanol–water partition coefficient (Wildman–Crippen LogP) is -0.877. The molecule has 2 fully saturated rings. The maximum Gasteiger partial charge on any atom is 0.245 e. The molecule has 1 saturated heterocycles. The van der Waals surface area contributed by atoms with Gasteiger partial charge in [0, 0.05) is 20.6 Å². The van der Waals surface area contributed by atoms with E-state index in [1.54, 1.807) is 6.92 Å². The number of ketones is 1. The third kappa shape index (κ3) is 5.04. The first-order chi connectivity index (χ1) is 12.6. The first-order valence-electron chi connectivity index (χ1n) is 9.17. The van der Waals surface area contributed by atoms with Crippen molar-refractivity contribution in [3.8, 4) is 0 Å². The van der Waals surface area contributed by atoms with Crippen LogP contribution in [0.1, 0.15) is 33.6 Å². The van der Waals surface area contributed by atoms with Crippen molar-refractivity contribution in [2.45, 2.75) is 62.9 Å². The average Bonchev–Trinajstić information content (AvgIpc) is 3.50. The summed E-state index contributed by atoms with van der Waals surface area (Å²) < 4.78 is 15.4. The molecule has 4 N–H and O–H groups in total. The Labute approximate surface area is 159 Å². The second kappa shape index (κ2) is 8.22. The second-order valence-corrected chi connectivity index (χ2v) is 8.02. The highest BCUT2D eigenvalue weighted by atomic mass is 16.6. The van der Waals surface area contributed by atoms with Gasteiger partial charge in [-0.2, -0.15) is 0 Å². The van der Waals surface area contributed by atoms with Crippen LogP contribution in [0, 0.1) is 5.92 Å². The maximum atomic E-state index is 12.7. The van der Waals surface area contributed by atoms with Crippen LogP contribution in [0.15, 0.2) is 0 Å². The van der Waals surface area contributed by atoms with Gasteiger partial charge in [-0.25, -0.2) is 0 Å². The largest absolute Gasteiger partial charge is 0.382 e. The third-order valence-electron chi connectivity index (χ3n) is 5.04. The normalized spacial score (nSPS) is 31.1. The maximum absolute atomic E-state index is 12.7. The number of epoxide rings is 1. The molecule has 9 nitrogen and oxygen atoms in total. The van der Waals surface area contributed by atoms with Gasteiger partial charge in [0.05, 0.1) is 25.4 Å². The number of carbonyl (C=O) groups excluding carboxylic acids is 3. The molecule has 1 aliphatic heterocycles. The molecular weight excluding hydrogens is 354 g/mol. The van der Waals surface area contributed by atoms with E-state index in [0.29, 0.717) is 19.4 Å². The lowest BCUT2D eigenvalue weighted by Crippen LogP contribution is -2.58. The van der Waals surface area contributed by atoms with E-state index >= 15 is 0 Å². The van der Waals surface area contributed by atoms with Crippen LogP contribution in [-0.2, 0) is 28.6 Å². The van der Waals surface area contributed by atoms with Gasteiger partial charge >= 0.3 is 0 Å². The number of rotatable bonds is 11. The fraction of sp³-hybridized carbons (Fsp3) is 0.833. The summed E-state index contributed by atoms with van der Waals surface area (Å²) in [5.74, 6) is -0.940. The Hall–Kier alpha value is -1.55. The SMILES string of the molecule is COC[C@H](NC(=O)[C@@]1(N)CC1OC)C(=O)NC(CC(C)C)C(=O)C1(C)CO1. The number of nitrogens with two attached hydrogens (primary N) is 1. The van der Waals surface area contributed by atoms with Gasteiger partial charge in [0.15, 0.2) is 5.78 Å². The number of hydrogen-bond donors (Lipinski definition) is 3. The van der Waals surface area contributed by atoms with E-state index in [2.05, 4.69) is 10.6 Å². The molecule has 9 heteroatoms.